The molecule has 12 atom stereocenters. The lowest BCUT2D eigenvalue weighted by Crippen LogP contribution is -2.60. The van der Waals surface area contributed by atoms with Crippen LogP contribution in [0.1, 0.15) is 154 Å². The molecule has 129 heavy (non-hydrogen) atoms. The molecule has 0 aliphatic heterocycles. The zero-order valence-corrected chi connectivity index (χ0v) is 70.4. The van der Waals surface area contributed by atoms with E-state index in [9.17, 15) is 126 Å². The maximum Gasteiger partial charge on any atom is 0.326 e. The van der Waals surface area contributed by atoms with Crippen LogP contribution < -0.4 is 159 Å². The maximum absolute atomic E-state index is 14.4. The summed E-state index contributed by atoms with van der Waals surface area (Å²) in [5.74, 6) is -29.7. The third-order valence-electron chi connectivity index (χ3n) is 17.9. The van der Waals surface area contributed by atoms with Crippen LogP contribution in [0.3, 0.4) is 0 Å². The molecular formula is C70H121N33O26. The molecule has 0 radical (unpaired) electrons. The van der Waals surface area contributed by atoms with Gasteiger partial charge in [-0.05, 0) is 103 Å². The Balaban J connectivity index is 7.26. The second-order valence-corrected chi connectivity index (χ2v) is 28.8. The van der Waals surface area contributed by atoms with Gasteiger partial charge in [-0.3, -0.25) is 127 Å². The van der Waals surface area contributed by atoms with E-state index < -0.39 is 349 Å². The highest BCUT2D eigenvalue weighted by Gasteiger charge is 2.37. The number of carboxylic acid groups (broad SMARTS) is 3. The van der Waals surface area contributed by atoms with Crippen molar-refractivity contribution in [3.05, 3.63) is 0 Å². The van der Waals surface area contributed by atoms with Crippen LogP contribution in [-0.4, -0.2) is 294 Å². The number of guanidine groups is 4. The van der Waals surface area contributed by atoms with Gasteiger partial charge in [0.15, 0.2) is 23.8 Å². The molecular weight excluding hydrogens is 1720 g/mol. The van der Waals surface area contributed by atoms with Gasteiger partial charge < -0.3 is 174 Å². The first-order valence-corrected chi connectivity index (χ1v) is 40.0. The van der Waals surface area contributed by atoms with Gasteiger partial charge in [0, 0.05) is 77.5 Å². The number of rotatable bonds is 69. The van der Waals surface area contributed by atoms with Crippen molar-refractivity contribution in [2.75, 3.05) is 45.8 Å². The Morgan fingerprint density at radius 1 is 0.217 bits per heavy atom. The highest BCUT2D eigenvalue weighted by atomic mass is 16.4. The predicted molar refractivity (Wildman–Crippen MR) is 447 cm³/mol. The molecule has 59 nitrogen and oxygen atoms in total. The van der Waals surface area contributed by atoms with Crippen molar-refractivity contribution in [2.45, 2.75) is 227 Å². The number of carbonyl (C=O) groups is 23. The van der Waals surface area contributed by atoms with Gasteiger partial charge in [0.25, 0.3) is 0 Å². The lowest BCUT2D eigenvalue weighted by atomic mass is 10.0. The van der Waals surface area contributed by atoms with Crippen molar-refractivity contribution in [1.82, 2.24) is 95.7 Å². The Hall–Kier alpha value is -15.1. The number of carboxylic acids is 3. The molecule has 47 N–H and O–H groups in total. The van der Waals surface area contributed by atoms with Crippen molar-refractivity contribution in [3.63, 3.8) is 0 Å². The van der Waals surface area contributed by atoms with Crippen molar-refractivity contribution in [3.8, 4) is 0 Å². The summed E-state index contributed by atoms with van der Waals surface area (Å²) in [5, 5.41) is 99.5. The molecule has 0 fully saturated rings. The Labute approximate surface area is 735 Å². The number of carbonyl (C=O) groups excluding carboxylic acids is 20. The van der Waals surface area contributed by atoms with E-state index in [1.807, 2.05) is 0 Å². The Morgan fingerprint density at radius 3 is 0.597 bits per heavy atom. The fraction of sp³-hybridized carbons (Fsp3) is 0.614. The molecule has 0 saturated carbocycles. The minimum absolute atomic E-state index is 0.0397. The topological polar surface area (TPSA) is 1050 Å². The average molecular weight is 1840 g/mol. The number of hydrogen-bond acceptors (Lipinski definition) is 28. The van der Waals surface area contributed by atoms with E-state index in [-0.39, 0.29) is 83.5 Å². The van der Waals surface area contributed by atoms with Crippen LogP contribution in [0.5, 0.6) is 0 Å². The molecule has 0 spiro atoms. The van der Waals surface area contributed by atoms with Crippen molar-refractivity contribution in [1.29, 1.82) is 21.6 Å². The number of nitrogens with two attached hydrogens (primary N) is 11. The molecule has 0 bridgehead atoms. The molecule has 20 amide bonds. The number of nitrogens with one attached hydrogen (secondary N) is 22. The van der Waals surface area contributed by atoms with Gasteiger partial charge in [0.1, 0.15) is 66.5 Å². The van der Waals surface area contributed by atoms with E-state index in [1.165, 1.54) is 0 Å². The first kappa shape index (κ1) is 114. The van der Waals surface area contributed by atoms with Gasteiger partial charge >= 0.3 is 17.9 Å². The minimum Gasteiger partial charge on any atom is -0.481 e. The zero-order valence-electron chi connectivity index (χ0n) is 70.4. The summed E-state index contributed by atoms with van der Waals surface area (Å²) in [6.45, 7) is -3.01. The minimum atomic E-state index is -2.02. The molecule has 0 heterocycles. The average Bonchev–Trinajstić information content (AvgIpc) is 0.858. The smallest absolute Gasteiger partial charge is 0.326 e. The second kappa shape index (κ2) is 62.0. The summed E-state index contributed by atoms with van der Waals surface area (Å²) in [6, 6.07) is -21.2. The molecule has 0 aromatic carbocycles. The number of amides is 20. The maximum atomic E-state index is 14.4. The third kappa shape index (κ3) is 54.3. The van der Waals surface area contributed by atoms with Crippen LogP contribution in [0.25, 0.3) is 0 Å². The fourth-order valence-electron chi connectivity index (χ4n) is 11.3. The lowest BCUT2D eigenvalue weighted by Gasteiger charge is -2.27. The standard InChI is InChI=1S/C70H121N33O26/c71-32(5-1-25-86-67(78)79)55(117)96-35(9-17-44(72)104)56(118)90-29-50(110)93-33(6-2-26-87-68(80)81)59(121)99-38(11-19-46(74)106)61(123)97-36(10-18-45(73)105)57(119)91-30-51(111)94-34(7-3-27-88-69(82)83)60(122)100-39(12-20-47(75)107)62(124)101-40(13-21-48(76)108)63(125)102-41(14-22-49(77)109)64(126)103-42(16-24-54(115)116)65(127)98-37(15-23-53(113)114)58(120)92-31-52(112)95-43(66(128)129)8-4-28-89-70(84)85/h32-43H,1-31,71H2,(H2,72,104)(H2,73,105)(H2,74,106)(H2,75,107)(H2,76,108)(H2,77,109)(H,90,118)(H,91,119)(H,92,120)(H,93,110)(H,94,111)(H,95,112)(H,96,117)(H,97,123)(H,98,127)(H,99,121)(H,100,122)(H,101,124)(H,102,125)(H,103,126)(H,113,114)(H,115,116)(H,128,129)(H4,78,79,86)(H4,80,81,87)(H4,82,83,88)(H4,84,85,89)/t32-,33-,34-,35-,36-,37-,38-,39-,40-,41-,42-,43-/m0/s1. The molecule has 0 saturated heterocycles. The van der Waals surface area contributed by atoms with E-state index in [0.717, 1.165) is 0 Å². The molecule has 59 heteroatoms. The van der Waals surface area contributed by atoms with Gasteiger partial charge in [-0.25, -0.2) is 4.79 Å². The molecule has 0 aliphatic carbocycles. The van der Waals surface area contributed by atoms with Crippen LogP contribution in [0, 0.1) is 21.6 Å². The number of aliphatic carboxylic acids is 3. The van der Waals surface area contributed by atoms with Crippen LogP contribution in [0.2, 0.25) is 0 Å². The Bertz CT molecular complexity index is 4010. The lowest BCUT2D eigenvalue weighted by molar-refractivity contribution is -0.142. The number of hydrogen-bond donors (Lipinski definition) is 36. The summed E-state index contributed by atoms with van der Waals surface area (Å²) in [4.78, 5) is 302. The molecule has 0 aliphatic rings. The van der Waals surface area contributed by atoms with Crippen LogP contribution in [-0.2, 0) is 110 Å². The van der Waals surface area contributed by atoms with Crippen molar-refractivity contribution in [2.24, 2.45) is 63.1 Å². The van der Waals surface area contributed by atoms with Crippen molar-refractivity contribution >= 4 is 160 Å². The van der Waals surface area contributed by atoms with Gasteiger partial charge in [0.2, 0.25) is 118 Å². The SMILES string of the molecule is N=C(N)NCCC[C@H](NC(=O)CNC(=O)[C@H](CCC(=O)O)NC(=O)[C@H](CCC(=O)O)NC(=O)[C@H](CCC(N)=O)NC(=O)[C@H](CCC(N)=O)NC(=O)[C@H](CCC(N)=O)NC(=O)[C@H](CCCNC(=N)N)NC(=O)CNC(=O)[C@H](CCC(N)=O)NC(=O)[C@H](CCC(N)=O)NC(=O)[C@H](CCCNC(=N)N)NC(=O)CNC(=O)[C@H](CCC(N)=O)NC(=O)[C@@H](N)CCCNC(=N)N)C(=O)O. The van der Waals surface area contributed by atoms with Gasteiger partial charge in [0.05, 0.1) is 25.7 Å². The molecule has 0 unspecified atom stereocenters. The van der Waals surface area contributed by atoms with E-state index >= 15 is 0 Å². The molecule has 0 rings (SSSR count). The summed E-state index contributed by atoms with van der Waals surface area (Å²) in [6.07, 6.45) is -11.8. The van der Waals surface area contributed by atoms with Gasteiger partial charge in [-0.1, -0.05) is 0 Å². The van der Waals surface area contributed by atoms with E-state index in [0.29, 0.717) is 0 Å². The van der Waals surface area contributed by atoms with E-state index in [1.54, 1.807) is 0 Å². The van der Waals surface area contributed by atoms with Crippen LogP contribution in [0.15, 0.2) is 0 Å². The summed E-state index contributed by atoms with van der Waals surface area (Å²) < 4.78 is 0. The summed E-state index contributed by atoms with van der Waals surface area (Å²) in [7, 11) is 0. The fourth-order valence-corrected chi connectivity index (χ4v) is 11.3. The molecule has 0 aromatic rings. The van der Waals surface area contributed by atoms with Gasteiger partial charge in [-0.15, -0.1) is 0 Å². The summed E-state index contributed by atoms with van der Waals surface area (Å²) >= 11 is 0. The summed E-state index contributed by atoms with van der Waals surface area (Å²) in [5.41, 5.74) is 59.6. The normalized spacial score (nSPS) is 13.4. The van der Waals surface area contributed by atoms with Crippen LogP contribution >= 0.6 is 0 Å². The largest absolute Gasteiger partial charge is 0.481 e. The highest BCUT2D eigenvalue weighted by Crippen LogP contribution is 2.13. The molecule has 722 valence electrons. The Kier molecular flexibility index (Phi) is 54.8. The monoisotopic (exact) mass is 1840 g/mol. The quantitative estimate of drug-likeness (QED) is 0.0153. The first-order valence-electron chi connectivity index (χ1n) is 40.0. The second-order valence-electron chi connectivity index (χ2n) is 28.8. The van der Waals surface area contributed by atoms with E-state index in [4.69, 9.17) is 84.7 Å². The van der Waals surface area contributed by atoms with E-state index in [2.05, 4.69) is 95.7 Å². The number of primary amides is 6. The van der Waals surface area contributed by atoms with Crippen LogP contribution in [0.4, 0.5) is 0 Å². The highest BCUT2D eigenvalue weighted by molar-refractivity contribution is 6.01. The first-order chi connectivity index (χ1) is 60.4. The van der Waals surface area contributed by atoms with Gasteiger partial charge in [-0.2, -0.15) is 0 Å². The molecule has 0 aromatic heterocycles. The Morgan fingerprint density at radius 2 is 0.395 bits per heavy atom. The zero-order chi connectivity index (χ0) is 98.2. The third-order valence-corrected chi connectivity index (χ3v) is 17.9. The predicted octanol–water partition coefficient (Wildman–Crippen LogP) is -16.5. The van der Waals surface area contributed by atoms with Crippen molar-refractivity contribution < 1.29 is 126 Å².